The zero-order valence-corrected chi connectivity index (χ0v) is 12.8. The summed E-state index contributed by atoms with van der Waals surface area (Å²) in [6, 6.07) is 13.4. The first-order valence-electron chi connectivity index (χ1n) is 7.26. The van der Waals surface area contributed by atoms with Gasteiger partial charge in [0.05, 0.1) is 17.3 Å². The molecule has 2 aromatic carbocycles. The second-order valence-corrected chi connectivity index (χ2v) is 5.20. The number of aromatic nitrogens is 3. The second kappa shape index (κ2) is 6.65. The van der Waals surface area contributed by atoms with Crippen molar-refractivity contribution in [2.75, 3.05) is 5.01 Å². The third-order valence-corrected chi connectivity index (χ3v) is 3.59. The van der Waals surface area contributed by atoms with Gasteiger partial charge in [-0.25, -0.2) is 4.68 Å². The molecule has 0 aliphatic carbocycles. The average molecular weight is 343 g/mol. The fourth-order valence-electron chi connectivity index (χ4n) is 2.52. The van der Waals surface area contributed by atoms with Crippen molar-refractivity contribution >= 4 is 5.69 Å². The number of benzene rings is 2. The van der Waals surface area contributed by atoms with Crippen LogP contribution >= 0.6 is 0 Å². The van der Waals surface area contributed by atoms with E-state index in [1.54, 1.807) is 18.2 Å². The number of alkyl halides is 3. The zero-order chi connectivity index (χ0) is 17.9. The van der Waals surface area contributed by atoms with Gasteiger partial charge in [-0.05, 0) is 29.8 Å². The summed E-state index contributed by atoms with van der Waals surface area (Å²) >= 11 is 0. The molecule has 0 fully saturated rings. The fraction of sp³-hybridized carbons (Fsp3) is 0.118. The minimum absolute atomic E-state index is 0.0769. The molecule has 0 N–H and O–H groups in total. The summed E-state index contributed by atoms with van der Waals surface area (Å²) in [5.74, 6) is 0. The minimum Gasteiger partial charge on any atom is -0.262 e. The van der Waals surface area contributed by atoms with Gasteiger partial charge in [0.1, 0.15) is 12.7 Å². The van der Waals surface area contributed by atoms with Gasteiger partial charge in [-0.15, -0.1) is 10.2 Å². The van der Waals surface area contributed by atoms with Crippen LogP contribution in [0.3, 0.4) is 0 Å². The first-order chi connectivity index (χ1) is 12.0. The van der Waals surface area contributed by atoms with E-state index in [4.69, 9.17) is 5.26 Å². The monoisotopic (exact) mass is 343 g/mol. The van der Waals surface area contributed by atoms with Gasteiger partial charge in [-0.1, -0.05) is 30.3 Å². The molecule has 8 heteroatoms. The van der Waals surface area contributed by atoms with Crippen LogP contribution in [0.4, 0.5) is 18.9 Å². The number of nitriles is 1. The van der Waals surface area contributed by atoms with Gasteiger partial charge in [-0.3, -0.25) is 5.01 Å². The molecule has 0 spiro atoms. The predicted octanol–water partition coefficient (Wildman–Crippen LogP) is 3.72. The van der Waals surface area contributed by atoms with Crippen molar-refractivity contribution in [3.63, 3.8) is 0 Å². The van der Waals surface area contributed by atoms with E-state index in [9.17, 15) is 13.2 Å². The van der Waals surface area contributed by atoms with E-state index < -0.39 is 12.2 Å². The first-order valence-corrected chi connectivity index (χ1v) is 7.26. The van der Waals surface area contributed by atoms with Crippen molar-refractivity contribution < 1.29 is 13.2 Å². The number of hydrogen-bond donors (Lipinski definition) is 0. The smallest absolute Gasteiger partial charge is 0.262 e. The normalized spacial score (nSPS) is 12.4. The van der Waals surface area contributed by atoms with Crippen molar-refractivity contribution in [2.24, 2.45) is 0 Å². The van der Waals surface area contributed by atoms with Gasteiger partial charge in [0.15, 0.2) is 6.04 Å². The van der Waals surface area contributed by atoms with Crippen LogP contribution in [0.5, 0.6) is 0 Å². The number of anilines is 1. The van der Waals surface area contributed by atoms with E-state index in [0.29, 0.717) is 5.56 Å². The lowest BCUT2D eigenvalue weighted by Gasteiger charge is -2.35. The quantitative estimate of drug-likeness (QED) is 0.724. The molecule has 5 nitrogen and oxygen atoms in total. The standard InChI is InChI=1S/C17H12F3N5/c18-17(19,20)16(14-4-2-1-3-5-14)25(24-11-22-23-12-24)15-8-6-13(10-21)7-9-15/h1-9,11-12,16H. The zero-order valence-electron chi connectivity index (χ0n) is 12.8. The summed E-state index contributed by atoms with van der Waals surface area (Å²) in [5.41, 5.74) is 0.689. The molecule has 0 bridgehead atoms. The van der Waals surface area contributed by atoms with Crippen molar-refractivity contribution in [2.45, 2.75) is 12.2 Å². The predicted molar refractivity (Wildman–Crippen MR) is 84.3 cm³/mol. The van der Waals surface area contributed by atoms with Crippen LogP contribution in [-0.2, 0) is 0 Å². The number of halogens is 3. The Balaban J connectivity index is 2.16. The van der Waals surface area contributed by atoms with E-state index >= 15 is 0 Å². The molecular formula is C17H12F3N5. The Labute approximate surface area is 141 Å². The molecule has 3 aromatic rings. The van der Waals surface area contributed by atoms with Crippen LogP contribution in [0, 0.1) is 11.3 Å². The van der Waals surface area contributed by atoms with Crippen molar-refractivity contribution in [1.29, 1.82) is 5.26 Å². The molecule has 0 saturated heterocycles. The van der Waals surface area contributed by atoms with Crippen LogP contribution in [-0.4, -0.2) is 21.0 Å². The van der Waals surface area contributed by atoms with Crippen LogP contribution in [0.15, 0.2) is 67.3 Å². The highest BCUT2D eigenvalue weighted by Gasteiger charge is 2.46. The van der Waals surface area contributed by atoms with E-state index in [1.165, 1.54) is 53.7 Å². The van der Waals surface area contributed by atoms with Crippen LogP contribution in [0.1, 0.15) is 17.2 Å². The van der Waals surface area contributed by atoms with Crippen LogP contribution < -0.4 is 5.01 Å². The summed E-state index contributed by atoms with van der Waals surface area (Å²) in [7, 11) is 0. The van der Waals surface area contributed by atoms with Crippen molar-refractivity contribution in [3.8, 4) is 6.07 Å². The third-order valence-electron chi connectivity index (χ3n) is 3.59. The van der Waals surface area contributed by atoms with Crippen LogP contribution in [0.2, 0.25) is 0 Å². The molecule has 1 aromatic heterocycles. The Morgan fingerprint density at radius 3 is 2.08 bits per heavy atom. The first kappa shape index (κ1) is 16.5. The van der Waals surface area contributed by atoms with E-state index in [2.05, 4.69) is 10.2 Å². The minimum atomic E-state index is -4.56. The number of nitrogens with zero attached hydrogens (tertiary/aromatic N) is 5. The molecule has 25 heavy (non-hydrogen) atoms. The van der Waals surface area contributed by atoms with Crippen molar-refractivity contribution in [3.05, 3.63) is 78.4 Å². The van der Waals surface area contributed by atoms with Gasteiger partial charge in [0.2, 0.25) is 0 Å². The van der Waals surface area contributed by atoms with Crippen LogP contribution in [0.25, 0.3) is 0 Å². The molecule has 0 aliphatic rings. The maximum absolute atomic E-state index is 13.9. The fourth-order valence-corrected chi connectivity index (χ4v) is 2.52. The third kappa shape index (κ3) is 3.45. The molecular weight excluding hydrogens is 331 g/mol. The molecule has 1 unspecified atom stereocenters. The SMILES string of the molecule is N#Cc1ccc(N(C(c2ccccc2)C(F)(F)F)n2cnnc2)cc1. The highest BCUT2D eigenvalue weighted by atomic mass is 19.4. The number of rotatable bonds is 4. The molecule has 126 valence electrons. The lowest BCUT2D eigenvalue weighted by molar-refractivity contribution is -0.152. The summed E-state index contributed by atoms with van der Waals surface area (Å²) < 4.78 is 43.0. The lowest BCUT2D eigenvalue weighted by Crippen LogP contribution is -2.41. The van der Waals surface area contributed by atoms with Gasteiger partial charge < -0.3 is 0 Å². The van der Waals surface area contributed by atoms with Crippen molar-refractivity contribution in [1.82, 2.24) is 14.9 Å². The van der Waals surface area contributed by atoms with E-state index in [0.717, 1.165) is 5.01 Å². The molecule has 0 aliphatic heterocycles. The average Bonchev–Trinajstić information content (AvgIpc) is 3.13. The largest absolute Gasteiger partial charge is 0.414 e. The van der Waals surface area contributed by atoms with Gasteiger partial charge >= 0.3 is 6.18 Å². The topological polar surface area (TPSA) is 57.7 Å². The number of hydrogen-bond acceptors (Lipinski definition) is 4. The van der Waals surface area contributed by atoms with Gasteiger partial charge in [0, 0.05) is 0 Å². The second-order valence-electron chi connectivity index (χ2n) is 5.20. The summed E-state index contributed by atoms with van der Waals surface area (Å²) in [4.78, 5) is 0. The summed E-state index contributed by atoms with van der Waals surface area (Å²) in [5, 5.41) is 17.2. The van der Waals surface area contributed by atoms with E-state index in [1.807, 2.05) is 6.07 Å². The molecule has 0 amide bonds. The highest BCUT2D eigenvalue weighted by molar-refractivity contribution is 5.51. The Kier molecular flexibility index (Phi) is 4.39. The Morgan fingerprint density at radius 1 is 0.960 bits per heavy atom. The molecule has 3 rings (SSSR count). The van der Waals surface area contributed by atoms with E-state index in [-0.39, 0.29) is 11.3 Å². The molecule has 1 atom stereocenters. The Hall–Kier alpha value is -3.34. The highest BCUT2D eigenvalue weighted by Crippen LogP contribution is 2.40. The van der Waals surface area contributed by atoms with Gasteiger partial charge in [-0.2, -0.15) is 18.4 Å². The molecule has 1 heterocycles. The molecule has 0 radical (unpaired) electrons. The maximum Gasteiger partial charge on any atom is 0.414 e. The molecule has 0 saturated carbocycles. The Morgan fingerprint density at radius 2 is 1.56 bits per heavy atom. The summed E-state index contributed by atoms with van der Waals surface area (Å²) in [6.07, 6.45) is -2.17. The summed E-state index contributed by atoms with van der Waals surface area (Å²) in [6.45, 7) is 0. The Bertz CT molecular complexity index is 852. The van der Waals surface area contributed by atoms with Gasteiger partial charge in [0.25, 0.3) is 0 Å². The lowest BCUT2D eigenvalue weighted by atomic mass is 10.0. The maximum atomic E-state index is 13.9.